The Balaban J connectivity index is 2.11. The third-order valence-corrected chi connectivity index (χ3v) is 4.29. The normalized spacial score (nSPS) is 17.0. The van der Waals surface area contributed by atoms with E-state index < -0.39 is 0 Å². The van der Waals surface area contributed by atoms with Crippen LogP contribution in [0.2, 0.25) is 5.02 Å². The van der Waals surface area contributed by atoms with Crippen LogP contribution in [0.4, 0.5) is 5.69 Å². The van der Waals surface area contributed by atoms with Crippen LogP contribution in [0.3, 0.4) is 0 Å². The number of ether oxygens (including phenoxy) is 1. The minimum atomic E-state index is 0.0164. The average molecular weight is 317 g/mol. The fourth-order valence-corrected chi connectivity index (χ4v) is 3.18. The van der Waals surface area contributed by atoms with Crippen LogP contribution in [0.15, 0.2) is 42.5 Å². The molecule has 0 saturated carbocycles. The summed E-state index contributed by atoms with van der Waals surface area (Å²) in [7, 11) is 0. The molecule has 0 aliphatic carbocycles. The number of rotatable bonds is 4. The first-order valence-corrected chi connectivity index (χ1v) is 8.12. The highest BCUT2D eigenvalue weighted by molar-refractivity contribution is 6.33. The Morgan fingerprint density at radius 2 is 1.95 bits per heavy atom. The largest absolute Gasteiger partial charge is 0.484 e. The molecule has 2 aromatic carbocycles. The van der Waals surface area contributed by atoms with E-state index in [0.717, 1.165) is 47.1 Å². The van der Waals surface area contributed by atoms with Crippen molar-refractivity contribution < 1.29 is 4.74 Å². The summed E-state index contributed by atoms with van der Waals surface area (Å²) in [6.45, 7) is 4.53. The molecule has 0 unspecified atom stereocenters. The van der Waals surface area contributed by atoms with Crippen molar-refractivity contribution in [3.05, 3.63) is 47.5 Å². The third kappa shape index (κ3) is 2.79. The van der Waals surface area contributed by atoms with Crippen LogP contribution in [0.25, 0.3) is 11.1 Å². The number of halogens is 1. The lowest BCUT2D eigenvalue weighted by Crippen LogP contribution is -2.44. The smallest absolute Gasteiger partial charge is 0.151 e. The third-order valence-electron chi connectivity index (χ3n) is 3.96. The van der Waals surface area contributed by atoms with Crippen LogP contribution in [-0.2, 0) is 0 Å². The van der Waals surface area contributed by atoms with Gasteiger partial charge in [0.15, 0.2) is 5.75 Å². The van der Waals surface area contributed by atoms with Gasteiger partial charge in [0.25, 0.3) is 0 Å². The van der Waals surface area contributed by atoms with E-state index in [9.17, 15) is 0 Å². The van der Waals surface area contributed by atoms with Crippen LogP contribution in [0.1, 0.15) is 13.3 Å². The van der Waals surface area contributed by atoms with Crippen molar-refractivity contribution in [2.45, 2.75) is 19.4 Å². The number of nitrogens with zero attached hydrogens (tertiary/aromatic N) is 1. The molecule has 2 aromatic rings. The van der Waals surface area contributed by atoms with Crippen molar-refractivity contribution in [2.24, 2.45) is 5.73 Å². The van der Waals surface area contributed by atoms with Crippen LogP contribution < -0.4 is 15.4 Å². The Bertz CT molecular complexity index is 659. The molecule has 116 valence electrons. The summed E-state index contributed by atoms with van der Waals surface area (Å²) in [6, 6.07) is 14.1. The minimum Gasteiger partial charge on any atom is -0.484 e. The molecule has 3 nitrogen and oxygen atoms in total. The number of para-hydroxylation sites is 1. The summed E-state index contributed by atoms with van der Waals surface area (Å²) in [6.07, 6.45) is 1.11. The molecular weight excluding hydrogens is 296 g/mol. The number of anilines is 1. The SMILES string of the molecule is CCCN1C[C@H](CN)Oc2c(-c3ccccc3Cl)cccc21. The second kappa shape index (κ2) is 6.59. The number of nitrogens with two attached hydrogens (primary N) is 1. The van der Waals surface area contributed by atoms with E-state index in [2.05, 4.69) is 30.0 Å². The summed E-state index contributed by atoms with van der Waals surface area (Å²) >= 11 is 6.38. The molecule has 4 heteroatoms. The van der Waals surface area contributed by atoms with Crippen molar-refractivity contribution >= 4 is 17.3 Å². The van der Waals surface area contributed by atoms with Crippen LogP contribution in [0.5, 0.6) is 5.75 Å². The van der Waals surface area contributed by atoms with E-state index in [0.29, 0.717) is 6.54 Å². The molecule has 22 heavy (non-hydrogen) atoms. The minimum absolute atomic E-state index is 0.0164. The monoisotopic (exact) mass is 316 g/mol. The summed E-state index contributed by atoms with van der Waals surface area (Å²) in [5.41, 5.74) is 9.01. The summed E-state index contributed by atoms with van der Waals surface area (Å²) in [4.78, 5) is 2.36. The van der Waals surface area contributed by atoms with Crippen LogP contribution in [0, 0.1) is 0 Å². The molecule has 0 spiro atoms. The maximum Gasteiger partial charge on any atom is 0.151 e. The van der Waals surface area contributed by atoms with Crippen molar-refractivity contribution in [3.63, 3.8) is 0 Å². The van der Waals surface area contributed by atoms with Gasteiger partial charge < -0.3 is 15.4 Å². The van der Waals surface area contributed by atoms with Gasteiger partial charge >= 0.3 is 0 Å². The van der Waals surface area contributed by atoms with Crippen LogP contribution in [-0.4, -0.2) is 25.7 Å². The van der Waals surface area contributed by atoms with Gasteiger partial charge in [-0.3, -0.25) is 0 Å². The zero-order valence-corrected chi connectivity index (χ0v) is 13.5. The molecule has 0 fully saturated rings. The van der Waals surface area contributed by atoms with Crippen molar-refractivity contribution in [1.82, 2.24) is 0 Å². The predicted octanol–water partition coefficient (Wildman–Crippen LogP) is 3.94. The molecule has 1 aliphatic heterocycles. The van der Waals surface area contributed by atoms with Gasteiger partial charge in [-0.2, -0.15) is 0 Å². The molecule has 0 bridgehead atoms. The Kier molecular flexibility index (Phi) is 4.55. The van der Waals surface area contributed by atoms with Gasteiger partial charge in [-0.05, 0) is 18.6 Å². The van der Waals surface area contributed by atoms with Gasteiger partial charge in [0, 0.05) is 29.2 Å². The van der Waals surface area contributed by atoms with E-state index in [4.69, 9.17) is 22.1 Å². The molecule has 1 aliphatic rings. The van der Waals surface area contributed by atoms with E-state index in [1.807, 2.05) is 24.3 Å². The second-order valence-corrected chi connectivity index (χ2v) is 5.96. The highest BCUT2D eigenvalue weighted by Gasteiger charge is 2.27. The van der Waals surface area contributed by atoms with Crippen molar-refractivity contribution in [2.75, 3.05) is 24.5 Å². The van der Waals surface area contributed by atoms with Gasteiger partial charge in [-0.25, -0.2) is 0 Å². The highest BCUT2D eigenvalue weighted by Crippen LogP contribution is 2.43. The summed E-state index contributed by atoms with van der Waals surface area (Å²) in [5, 5.41) is 0.733. The van der Waals surface area contributed by atoms with Crippen molar-refractivity contribution in [3.8, 4) is 16.9 Å². The highest BCUT2D eigenvalue weighted by atomic mass is 35.5. The van der Waals surface area contributed by atoms with E-state index in [1.54, 1.807) is 0 Å². The topological polar surface area (TPSA) is 38.5 Å². The molecule has 1 atom stereocenters. The Labute approximate surface area is 136 Å². The van der Waals surface area contributed by atoms with Crippen LogP contribution >= 0.6 is 11.6 Å². The molecule has 0 aromatic heterocycles. The molecular formula is C18H21ClN2O. The predicted molar refractivity (Wildman–Crippen MR) is 92.9 cm³/mol. The maximum atomic E-state index is 6.38. The first kappa shape index (κ1) is 15.2. The number of benzene rings is 2. The number of hydrogen-bond donors (Lipinski definition) is 1. The maximum absolute atomic E-state index is 6.38. The lowest BCUT2D eigenvalue weighted by Gasteiger charge is -2.37. The molecule has 3 rings (SSSR count). The zero-order chi connectivity index (χ0) is 15.5. The van der Waals surface area contributed by atoms with E-state index in [-0.39, 0.29) is 6.10 Å². The molecule has 0 saturated heterocycles. The Morgan fingerprint density at radius 3 is 2.68 bits per heavy atom. The second-order valence-electron chi connectivity index (χ2n) is 5.56. The summed E-state index contributed by atoms with van der Waals surface area (Å²) < 4.78 is 6.17. The van der Waals surface area contributed by atoms with Gasteiger partial charge in [0.1, 0.15) is 6.10 Å². The Hall–Kier alpha value is -1.71. The lowest BCUT2D eigenvalue weighted by molar-refractivity contribution is 0.202. The fourth-order valence-electron chi connectivity index (χ4n) is 2.94. The zero-order valence-electron chi connectivity index (χ0n) is 12.8. The van der Waals surface area contributed by atoms with E-state index in [1.165, 1.54) is 0 Å². The Morgan fingerprint density at radius 1 is 1.18 bits per heavy atom. The number of hydrogen-bond acceptors (Lipinski definition) is 3. The fraction of sp³-hybridized carbons (Fsp3) is 0.333. The summed E-state index contributed by atoms with van der Waals surface area (Å²) in [5.74, 6) is 0.894. The van der Waals surface area contributed by atoms with Gasteiger partial charge in [-0.1, -0.05) is 48.9 Å². The first-order chi connectivity index (χ1) is 10.7. The standard InChI is InChI=1S/C18H21ClN2O/c1-2-10-21-12-13(11-20)22-18-15(7-5-9-17(18)21)14-6-3-4-8-16(14)19/h3-9,13H,2,10-12,20H2,1H3/t13-/m0/s1. The molecule has 0 radical (unpaired) electrons. The first-order valence-electron chi connectivity index (χ1n) is 7.74. The van der Waals surface area contributed by atoms with Gasteiger partial charge in [0.05, 0.1) is 12.2 Å². The molecule has 2 N–H and O–H groups in total. The van der Waals surface area contributed by atoms with Gasteiger partial charge in [-0.15, -0.1) is 0 Å². The average Bonchev–Trinajstić information content (AvgIpc) is 2.55. The van der Waals surface area contributed by atoms with Crippen molar-refractivity contribution in [1.29, 1.82) is 0 Å². The molecule has 0 amide bonds. The quantitative estimate of drug-likeness (QED) is 0.928. The lowest BCUT2D eigenvalue weighted by atomic mass is 10.0. The van der Waals surface area contributed by atoms with Gasteiger partial charge in [0.2, 0.25) is 0 Å². The molecule has 1 heterocycles. The van der Waals surface area contributed by atoms with E-state index >= 15 is 0 Å². The number of fused-ring (bicyclic) bond motifs is 1.